The van der Waals surface area contributed by atoms with Crippen molar-refractivity contribution in [1.29, 1.82) is 0 Å². The predicted molar refractivity (Wildman–Crippen MR) is 125 cm³/mol. The van der Waals surface area contributed by atoms with E-state index in [4.69, 9.17) is 11.6 Å². The van der Waals surface area contributed by atoms with Crippen LogP contribution >= 0.6 is 22.9 Å². The van der Waals surface area contributed by atoms with Crippen LogP contribution in [0.25, 0.3) is 32.1 Å². The van der Waals surface area contributed by atoms with Crippen LogP contribution < -0.4 is 5.43 Å². The minimum Gasteiger partial charge on any atom is -0.507 e. The maximum absolute atomic E-state index is 10.3. The fourth-order valence-corrected chi connectivity index (χ4v) is 4.42. The van der Waals surface area contributed by atoms with Crippen molar-refractivity contribution in [3.8, 4) is 16.9 Å². The molecule has 2 aromatic heterocycles. The van der Waals surface area contributed by atoms with Crippen LogP contribution in [0.3, 0.4) is 0 Å². The summed E-state index contributed by atoms with van der Waals surface area (Å²) in [6, 6.07) is 19.1. The van der Waals surface area contributed by atoms with Gasteiger partial charge in [0.1, 0.15) is 16.9 Å². The minimum atomic E-state index is 0.171. The number of fused-ring (bicyclic) bond motifs is 2. The van der Waals surface area contributed by atoms with E-state index in [-0.39, 0.29) is 5.75 Å². The summed E-state index contributed by atoms with van der Waals surface area (Å²) in [5, 5.41) is 20.3. The molecule has 0 aliphatic heterocycles. The van der Waals surface area contributed by atoms with Gasteiger partial charge in [-0.3, -0.25) is 5.43 Å². The molecule has 0 bridgehead atoms. The highest BCUT2D eigenvalue weighted by Gasteiger charge is 2.13. The molecule has 0 atom stereocenters. The Morgan fingerprint density at radius 1 is 1.00 bits per heavy atom. The number of aromatic hydroxyl groups is 1. The lowest BCUT2D eigenvalue weighted by Crippen LogP contribution is -1.96. The van der Waals surface area contributed by atoms with Crippen LogP contribution in [0.2, 0.25) is 5.02 Å². The lowest BCUT2D eigenvalue weighted by Gasteiger charge is -2.06. The van der Waals surface area contributed by atoms with Gasteiger partial charge in [0.15, 0.2) is 5.82 Å². The Morgan fingerprint density at radius 3 is 2.70 bits per heavy atom. The fraction of sp³-hybridized carbons (Fsp3) is 0. The maximum Gasteiger partial charge on any atom is 0.159 e. The SMILES string of the molecule is Oc1ccc2ccccc2c1C=NNc1ncnc2scc(-c3ccc(Cl)cc3)c12. The van der Waals surface area contributed by atoms with Gasteiger partial charge in [0.2, 0.25) is 0 Å². The molecular formula is C23H15ClN4OS. The Labute approximate surface area is 181 Å². The van der Waals surface area contributed by atoms with Crippen molar-refractivity contribution in [2.24, 2.45) is 5.10 Å². The summed E-state index contributed by atoms with van der Waals surface area (Å²) in [6.07, 6.45) is 3.12. The third-order valence-corrected chi connectivity index (χ3v) is 5.98. The molecule has 0 fully saturated rings. The summed E-state index contributed by atoms with van der Waals surface area (Å²) in [4.78, 5) is 9.62. The van der Waals surface area contributed by atoms with Crippen molar-refractivity contribution < 1.29 is 5.11 Å². The van der Waals surface area contributed by atoms with E-state index in [1.807, 2.05) is 60.0 Å². The highest BCUT2D eigenvalue weighted by atomic mass is 35.5. The third kappa shape index (κ3) is 3.36. The lowest BCUT2D eigenvalue weighted by molar-refractivity contribution is 0.475. The number of thiophene rings is 1. The molecule has 7 heteroatoms. The third-order valence-electron chi connectivity index (χ3n) is 4.84. The normalized spacial score (nSPS) is 11.5. The number of halogens is 1. The summed E-state index contributed by atoms with van der Waals surface area (Å²) in [5.74, 6) is 0.770. The van der Waals surface area contributed by atoms with E-state index in [9.17, 15) is 5.11 Å². The van der Waals surface area contributed by atoms with Crippen LogP contribution in [0.4, 0.5) is 5.82 Å². The van der Waals surface area contributed by atoms with E-state index in [1.165, 1.54) is 6.33 Å². The van der Waals surface area contributed by atoms with Crippen molar-refractivity contribution in [3.63, 3.8) is 0 Å². The summed E-state index contributed by atoms with van der Waals surface area (Å²) in [5.41, 5.74) is 5.71. The molecule has 0 spiro atoms. The van der Waals surface area contributed by atoms with Crippen molar-refractivity contribution in [3.05, 3.63) is 83.0 Å². The minimum absolute atomic E-state index is 0.171. The average molecular weight is 431 g/mol. The maximum atomic E-state index is 10.3. The lowest BCUT2D eigenvalue weighted by atomic mass is 10.0. The van der Waals surface area contributed by atoms with Gasteiger partial charge in [0, 0.05) is 21.5 Å². The van der Waals surface area contributed by atoms with E-state index in [0.29, 0.717) is 16.4 Å². The number of phenolic OH excluding ortho intramolecular Hbond substituents is 1. The molecule has 5 rings (SSSR count). The molecular weight excluding hydrogens is 416 g/mol. The second kappa shape index (κ2) is 7.74. The zero-order valence-corrected chi connectivity index (χ0v) is 17.2. The molecule has 2 heterocycles. The monoisotopic (exact) mass is 430 g/mol. The van der Waals surface area contributed by atoms with Crippen LogP contribution in [-0.4, -0.2) is 21.3 Å². The molecule has 0 aliphatic carbocycles. The molecule has 5 nitrogen and oxygen atoms in total. The zero-order chi connectivity index (χ0) is 20.5. The molecule has 0 amide bonds. The standard InChI is InChI=1S/C23H15ClN4OS/c24-16-8-5-15(6-9-16)19-12-30-23-21(19)22(25-13-26-23)28-27-11-18-17-4-2-1-3-14(17)7-10-20(18)29/h1-13,29H,(H,25,26,28). The van der Waals surface area contributed by atoms with Crippen LogP contribution in [0, 0.1) is 0 Å². The second-order valence-electron chi connectivity index (χ2n) is 6.65. The Hall–Kier alpha value is -3.48. The molecule has 0 radical (unpaired) electrons. The van der Waals surface area contributed by atoms with E-state index >= 15 is 0 Å². The number of hydrogen-bond donors (Lipinski definition) is 2. The first-order chi connectivity index (χ1) is 14.7. The van der Waals surface area contributed by atoms with Gasteiger partial charge in [-0.15, -0.1) is 11.3 Å². The first kappa shape index (κ1) is 18.5. The number of aromatic nitrogens is 2. The largest absolute Gasteiger partial charge is 0.507 e. The predicted octanol–water partition coefficient (Wildman–Crippen LogP) is 6.32. The molecule has 0 unspecified atom stereocenters. The quantitative estimate of drug-likeness (QED) is 0.258. The van der Waals surface area contributed by atoms with E-state index in [0.717, 1.165) is 32.1 Å². The molecule has 0 saturated carbocycles. The molecule has 5 aromatic rings. The molecule has 0 aliphatic rings. The average Bonchev–Trinajstić information content (AvgIpc) is 3.21. The first-order valence-electron chi connectivity index (χ1n) is 9.18. The highest BCUT2D eigenvalue weighted by molar-refractivity contribution is 7.17. The summed E-state index contributed by atoms with van der Waals surface area (Å²) >= 11 is 7.57. The molecule has 30 heavy (non-hydrogen) atoms. The number of anilines is 1. The fourth-order valence-electron chi connectivity index (χ4n) is 3.38. The van der Waals surface area contributed by atoms with Crippen molar-refractivity contribution in [2.75, 3.05) is 5.43 Å². The summed E-state index contributed by atoms with van der Waals surface area (Å²) < 4.78 is 0. The Morgan fingerprint density at radius 2 is 1.83 bits per heavy atom. The van der Waals surface area contributed by atoms with Gasteiger partial charge in [-0.25, -0.2) is 9.97 Å². The Kier molecular flexibility index (Phi) is 4.78. The smallest absolute Gasteiger partial charge is 0.159 e. The Balaban J connectivity index is 1.53. The molecule has 3 aromatic carbocycles. The number of rotatable bonds is 4. The van der Waals surface area contributed by atoms with Gasteiger partial charge in [-0.1, -0.05) is 54.1 Å². The zero-order valence-electron chi connectivity index (χ0n) is 15.6. The first-order valence-corrected chi connectivity index (χ1v) is 10.4. The van der Waals surface area contributed by atoms with E-state index in [2.05, 4.69) is 20.5 Å². The van der Waals surface area contributed by atoms with Gasteiger partial charge in [0.25, 0.3) is 0 Å². The molecule has 2 N–H and O–H groups in total. The van der Waals surface area contributed by atoms with Gasteiger partial charge < -0.3 is 5.11 Å². The van der Waals surface area contributed by atoms with Crippen LogP contribution in [0.1, 0.15) is 5.56 Å². The summed E-state index contributed by atoms with van der Waals surface area (Å²) in [6.45, 7) is 0. The highest BCUT2D eigenvalue weighted by Crippen LogP contribution is 2.36. The van der Waals surface area contributed by atoms with Gasteiger partial charge in [-0.05, 0) is 34.5 Å². The number of hydrazone groups is 1. The van der Waals surface area contributed by atoms with Gasteiger partial charge in [0.05, 0.1) is 11.6 Å². The number of phenols is 1. The number of nitrogens with zero attached hydrogens (tertiary/aromatic N) is 3. The van der Waals surface area contributed by atoms with Crippen LogP contribution in [0.15, 0.2) is 77.5 Å². The van der Waals surface area contributed by atoms with Crippen molar-refractivity contribution >= 4 is 56.0 Å². The second-order valence-corrected chi connectivity index (χ2v) is 7.94. The van der Waals surface area contributed by atoms with E-state index < -0.39 is 0 Å². The van der Waals surface area contributed by atoms with Crippen molar-refractivity contribution in [2.45, 2.75) is 0 Å². The molecule has 146 valence electrons. The topological polar surface area (TPSA) is 70.4 Å². The van der Waals surface area contributed by atoms with Gasteiger partial charge >= 0.3 is 0 Å². The Bertz CT molecular complexity index is 1400. The van der Waals surface area contributed by atoms with Crippen LogP contribution in [-0.2, 0) is 0 Å². The number of benzene rings is 3. The number of nitrogens with one attached hydrogen (secondary N) is 1. The van der Waals surface area contributed by atoms with Crippen molar-refractivity contribution in [1.82, 2.24) is 9.97 Å². The number of hydrogen-bond acceptors (Lipinski definition) is 6. The van der Waals surface area contributed by atoms with E-state index in [1.54, 1.807) is 23.6 Å². The van der Waals surface area contributed by atoms with Crippen LogP contribution in [0.5, 0.6) is 5.75 Å². The molecule has 0 saturated heterocycles. The summed E-state index contributed by atoms with van der Waals surface area (Å²) in [7, 11) is 0. The van der Waals surface area contributed by atoms with Gasteiger partial charge in [-0.2, -0.15) is 5.10 Å².